The molecule has 0 N–H and O–H groups in total. The lowest BCUT2D eigenvalue weighted by atomic mass is 10.0. The third-order valence-electron chi connectivity index (χ3n) is 3.64. The normalized spacial score (nSPS) is 10.5. The van der Waals surface area contributed by atoms with Crippen LogP contribution in [0.3, 0.4) is 0 Å². The lowest BCUT2D eigenvalue weighted by molar-refractivity contribution is 0.112. The van der Waals surface area contributed by atoms with Crippen LogP contribution in [0.25, 0.3) is 11.1 Å². The summed E-state index contributed by atoms with van der Waals surface area (Å²) >= 11 is 0. The minimum absolute atomic E-state index is 0.0817. The van der Waals surface area contributed by atoms with Crippen LogP contribution in [0.5, 0.6) is 5.75 Å². The van der Waals surface area contributed by atoms with Crippen molar-refractivity contribution in [1.29, 1.82) is 0 Å². The summed E-state index contributed by atoms with van der Waals surface area (Å²) in [4.78, 5) is 21.8. The van der Waals surface area contributed by atoms with E-state index in [0.29, 0.717) is 17.0 Å². The molecule has 4 nitrogen and oxygen atoms in total. The average Bonchev–Trinajstić information content (AvgIpc) is 2.59. The largest absolute Gasteiger partial charge is 0.488 e. The first kappa shape index (κ1) is 15.9. The number of hydrogen-bond acceptors (Lipinski definition) is 4. The van der Waals surface area contributed by atoms with Crippen LogP contribution in [0.1, 0.15) is 37.0 Å². The van der Waals surface area contributed by atoms with Crippen molar-refractivity contribution in [1.82, 2.24) is 0 Å². The second-order valence-corrected chi connectivity index (χ2v) is 5.07. The van der Waals surface area contributed by atoms with Crippen LogP contribution in [0.2, 0.25) is 0 Å². The summed E-state index contributed by atoms with van der Waals surface area (Å²) in [5.41, 5.74) is 2.70. The van der Waals surface area contributed by atoms with Crippen LogP contribution < -0.4 is 4.74 Å². The molecular weight excluding hydrogens is 278 g/mol. The zero-order valence-corrected chi connectivity index (χ0v) is 12.8. The molecule has 0 spiro atoms. The molecule has 0 aromatic heterocycles. The molecule has 22 heavy (non-hydrogen) atoms. The molecule has 0 atom stereocenters. The first-order valence-corrected chi connectivity index (χ1v) is 7.41. The zero-order valence-electron chi connectivity index (χ0n) is 12.8. The number of ether oxygens (including phenoxy) is 1. The van der Waals surface area contributed by atoms with E-state index in [2.05, 4.69) is 5.18 Å². The fourth-order valence-corrected chi connectivity index (χ4v) is 2.26. The predicted octanol–water partition coefficient (Wildman–Crippen LogP) is 5.13. The van der Waals surface area contributed by atoms with E-state index in [1.54, 1.807) is 24.3 Å². The molecule has 2 aromatic carbocycles. The fourth-order valence-electron chi connectivity index (χ4n) is 2.26. The Labute approximate surface area is 130 Å². The molecular formula is C18H19NO3. The van der Waals surface area contributed by atoms with Crippen LogP contribution in [-0.4, -0.2) is 12.4 Å². The Balaban J connectivity index is 2.31. The number of rotatable bonds is 7. The third kappa shape index (κ3) is 3.58. The van der Waals surface area contributed by atoms with E-state index >= 15 is 0 Å². The summed E-state index contributed by atoms with van der Waals surface area (Å²) in [5.74, 6) is 0.511. The Bertz CT molecular complexity index is 646. The summed E-state index contributed by atoms with van der Waals surface area (Å²) < 4.78 is 5.82. The summed E-state index contributed by atoms with van der Waals surface area (Å²) in [5, 5.41) is 3.08. The molecule has 0 heterocycles. The molecule has 114 valence electrons. The Morgan fingerprint density at radius 2 is 1.68 bits per heavy atom. The predicted molar refractivity (Wildman–Crippen MR) is 87.7 cm³/mol. The van der Waals surface area contributed by atoms with Crippen LogP contribution in [-0.2, 0) is 0 Å². The minimum Gasteiger partial charge on any atom is -0.488 e. The van der Waals surface area contributed by atoms with E-state index in [1.807, 2.05) is 32.0 Å². The van der Waals surface area contributed by atoms with E-state index < -0.39 is 0 Å². The van der Waals surface area contributed by atoms with Gasteiger partial charge in [0.05, 0.1) is 6.10 Å². The SMILES string of the molecule is CCC(CC)Oc1ccc(-c2ccc(C=O)cc2)cc1N=O. The van der Waals surface area contributed by atoms with Gasteiger partial charge in [0.15, 0.2) is 0 Å². The van der Waals surface area contributed by atoms with E-state index in [0.717, 1.165) is 30.3 Å². The van der Waals surface area contributed by atoms with Crippen molar-refractivity contribution in [3.05, 3.63) is 52.9 Å². The molecule has 0 unspecified atom stereocenters. The molecule has 0 bridgehead atoms. The van der Waals surface area contributed by atoms with Crippen molar-refractivity contribution in [2.24, 2.45) is 5.18 Å². The van der Waals surface area contributed by atoms with Gasteiger partial charge in [-0.15, -0.1) is 4.91 Å². The monoisotopic (exact) mass is 297 g/mol. The van der Waals surface area contributed by atoms with Crippen LogP contribution in [0.15, 0.2) is 47.6 Å². The summed E-state index contributed by atoms with van der Waals surface area (Å²) in [6.07, 6.45) is 2.64. The number of nitrogens with zero attached hydrogens (tertiary/aromatic N) is 1. The van der Waals surface area contributed by atoms with Gasteiger partial charge in [0.2, 0.25) is 0 Å². The van der Waals surface area contributed by atoms with Crippen LogP contribution in [0, 0.1) is 4.91 Å². The molecule has 0 fully saturated rings. The Hall–Kier alpha value is -2.49. The van der Waals surface area contributed by atoms with Crippen molar-refractivity contribution >= 4 is 12.0 Å². The van der Waals surface area contributed by atoms with Gasteiger partial charge in [-0.05, 0) is 41.3 Å². The van der Waals surface area contributed by atoms with E-state index in [4.69, 9.17) is 4.74 Å². The molecule has 0 radical (unpaired) electrons. The minimum atomic E-state index is 0.0817. The maximum Gasteiger partial charge on any atom is 0.150 e. The highest BCUT2D eigenvalue weighted by Crippen LogP contribution is 2.34. The van der Waals surface area contributed by atoms with Gasteiger partial charge in [-0.25, -0.2) is 0 Å². The summed E-state index contributed by atoms with van der Waals surface area (Å²) in [6, 6.07) is 12.5. The molecule has 0 aliphatic carbocycles. The second-order valence-electron chi connectivity index (χ2n) is 5.07. The van der Waals surface area contributed by atoms with Gasteiger partial charge in [0.25, 0.3) is 0 Å². The highest BCUT2D eigenvalue weighted by molar-refractivity contribution is 5.77. The Kier molecular flexibility index (Phi) is 5.42. The maximum absolute atomic E-state index is 11.1. The second kappa shape index (κ2) is 7.50. The Morgan fingerprint density at radius 3 is 2.23 bits per heavy atom. The summed E-state index contributed by atoms with van der Waals surface area (Å²) in [6.45, 7) is 4.09. The molecule has 0 saturated carbocycles. The number of benzene rings is 2. The smallest absolute Gasteiger partial charge is 0.150 e. The number of carbonyl (C=O) groups excluding carboxylic acids is 1. The Morgan fingerprint density at radius 1 is 1.05 bits per heavy atom. The average molecular weight is 297 g/mol. The third-order valence-corrected chi connectivity index (χ3v) is 3.64. The lowest BCUT2D eigenvalue weighted by Crippen LogP contribution is -2.13. The number of hydrogen-bond donors (Lipinski definition) is 0. The van der Waals surface area contributed by atoms with E-state index in [9.17, 15) is 9.70 Å². The van der Waals surface area contributed by atoms with Crippen molar-refractivity contribution < 1.29 is 9.53 Å². The van der Waals surface area contributed by atoms with E-state index in [1.165, 1.54) is 0 Å². The van der Waals surface area contributed by atoms with Gasteiger partial charge in [0.1, 0.15) is 17.7 Å². The van der Waals surface area contributed by atoms with Gasteiger partial charge in [0, 0.05) is 5.56 Å². The summed E-state index contributed by atoms with van der Waals surface area (Å²) in [7, 11) is 0. The number of carbonyl (C=O) groups is 1. The standard InChI is InChI=1S/C18H19NO3/c1-3-16(4-2)22-18-10-9-15(11-17(18)19-21)14-7-5-13(12-20)6-8-14/h5-12,16H,3-4H2,1-2H3. The van der Waals surface area contributed by atoms with Gasteiger partial charge < -0.3 is 4.74 Å². The van der Waals surface area contributed by atoms with Gasteiger partial charge in [-0.3, -0.25) is 4.79 Å². The van der Waals surface area contributed by atoms with Gasteiger partial charge >= 0.3 is 0 Å². The molecule has 2 rings (SSSR count). The van der Waals surface area contributed by atoms with E-state index in [-0.39, 0.29) is 6.10 Å². The van der Waals surface area contributed by atoms with Crippen molar-refractivity contribution in [2.75, 3.05) is 0 Å². The molecule has 2 aromatic rings. The molecule has 4 heteroatoms. The van der Waals surface area contributed by atoms with Crippen LogP contribution in [0.4, 0.5) is 5.69 Å². The van der Waals surface area contributed by atoms with Crippen LogP contribution >= 0.6 is 0 Å². The first-order chi connectivity index (χ1) is 10.7. The number of aldehydes is 1. The topological polar surface area (TPSA) is 55.7 Å². The molecule has 0 aliphatic rings. The highest BCUT2D eigenvalue weighted by Gasteiger charge is 2.11. The molecule has 0 amide bonds. The first-order valence-electron chi connectivity index (χ1n) is 7.41. The highest BCUT2D eigenvalue weighted by atomic mass is 16.5. The number of nitroso groups, excluding NO2 is 1. The molecule has 0 saturated heterocycles. The lowest BCUT2D eigenvalue weighted by Gasteiger charge is -2.16. The van der Waals surface area contributed by atoms with Crippen molar-refractivity contribution in [3.8, 4) is 16.9 Å². The zero-order chi connectivity index (χ0) is 15.9. The van der Waals surface area contributed by atoms with Crippen molar-refractivity contribution in [3.63, 3.8) is 0 Å². The van der Waals surface area contributed by atoms with Gasteiger partial charge in [-0.2, -0.15) is 0 Å². The quantitative estimate of drug-likeness (QED) is 0.525. The van der Waals surface area contributed by atoms with Crippen molar-refractivity contribution in [2.45, 2.75) is 32.8 Å². The van der Waals surface area contributed by atoms with Gasteiger partial charge in [-0.1, -0.05) is 44.2 Å². The maximum atomic E-state index is 11.1. The molecule has 0 aliphatic heterocycles. The fraction of sp³-hybridized carbons (Fsp3) is 0.278.